The summed E-state index contributed by atoms with van der Waals surface area (Å²) < 4.78 is 0. The lowest BCUT2D eigenvalue weighted by Gasteiger charge is -2.29. The number of piperidine rings is 1. The molecule has 0 aliphatic carbocycles. The summed E-state index contributed by atoms with van der Waals surface area (Å²) in [6, 6.07) is 18.4. The van der Waals surface area contributed by atoms with E-state index in [1.165, 1.54) is 11.1 Å². The van der Waals surface area contributed by atoms with Crippen LogP contribution >= 0.6 is 24.0 Å². The summed E-state index contributed by atoms with van der Waals surface area (Å²) in [5.74, 6) is 0.830. The monoisotopic (exact) mass is 563 g/mol. The van der Waals surface area contributed by atoms with Crippen LogP contribution in [0.25, 0.3) is 0 Å². The molecule has 178 valence electrons. The number of aliphatic hydroxyl groups is 1. The molecule has 1 atom stereocenters. The number of amides is 1. The SMILES string of the molecule is CN=C(NCc1ccc(CN2CCC(O)CC2)cc1)NC1CC(=O)N(c2ccccc2)C1.I. The van der Waals surface area contributed by atoms with Gasteiger partial charge >= 0.3 is 0 Å². The smallest absolute Gasteiger partial charge is 0.229 e. The first kappa shape index (κ1) is 25.5. The lowest BCUT2D eigenvalue weighted by atomic mass is 10.1. The Labute approximate surface area is 213 Å². The predicted molar refractivity (Wildman–Crippen MR) is 143 cm³/mol. The molecule has 0 aromatic heterocycles. The van der Waals surface area contributed by atoms with Gasteiger partial charge in [-0.1, -0.05) is 42.5 Å². The maximum atomic E-state index is 12.4. The second-order valence-electron chi connectivity index (χ2n) is 8.63. The normalized spacial score (nSPS) is 19.9. The molecule has 2 fully saturated rings. The summed E-state index contributed by atoms with van der Waals surface area (Å²) >= 11 is 0. The van der Waals surface area contributed by atoms with E-state index in [0.717, 1.165) is 38.2 Å². The predicted octanol–water partition coefficient (Wildman–Crippen LogP) is 2.73. The highest BCUT2D eigenvalue weighted by Gasteiger charge is 2.31. The van der Waals surface area contributed by atoms with Gasteiger partial charge in [0.05, 0.1) is 12.1 Å². The topological polar surface area (TPSA) is 80.2 Å². The molecule has 0 bridgehead atoms. The fourth-order valence-electron chi connectivity index (χ4n) is 4.33. The molecule has 33 heavy (non-hydrogen) atoms. The van der Waals surface area contributed by atoms with Crippen molar-refractivity contribution in [2.24, 2.45) is 4.99 Å². The summed E-state index contributed by atoms with van der Waals surface area (Å²) in [6.07, 6.45) is 2.05. The van der Waals surface area contributed by atoms with E-state index in [9.17, 15) is 9.90 Å². The number of anilines is 1. The molecule has 2 aliphatic heterocycles. The maximum Gasteiger partial charge on any atom is 0.229 e. The fourth-order valence-corrected chi connectivity index (χ4v) is 4.33. The molecule has 2 aromatic carbocycles. The lowest BCUT2D eigenvalue weighted by molar-refractivity contribution is -0.117. The number of carbonyl (C=O) groups excluding carboxylic acids is 1. The van der Waals surface area contributed by atoms with Gasteiger partial charge in [-0.25, -0.2) is 0 Å². The van der Waals surface area contributed by atoms with Crippen LogP contribution < -0.4 is 15.5 Å². The fraction of sp³-hybridized carbons (Fsp3) is 0.440. The van der Waals surface area contributed by atoms with E-state index in [4.69, 9.17) is 0 Å². The minimum Gasteiger partial charge on any atom is -0.393 e. The van der Waals surface area contributed by atoms with Gasteiger partial charge in [0, 0.05) is 51.9 Å². The molecule has 2 aromatic rings. The number of halogens is 1. The highest BCUT2D eigenvalue weighted by Crippen LogP contribution is 2.21. The molecule has 7 nitrogen and oxygen atoms in total. The van der Waals surface area contributed by atoms with Gasteiger partial charge in [-0.3, -0.25) is 14.7 Å². The van der Waals surface area contributed by atoms with Crippen molar-refractivity contribution in [3.8, 4) is 0 Å². The first-order valence-electron chi connectivity index (χ1n) is 11.4. The Morgan fingerprint density at radius 2 is 1.73 bits per heavy atom. The first-order valence-corrected chi connectivity index (χ1v) is 11.4. The summed E-state index contributed by atoms with van der Waals surface area (Å²) in [7, 11) is 1.75. The van der Waals surface area contributed by atoms with Crippen LogP contribution in [0.15, 0.2) is 59.6 Å². The molecular formula is C25H34IN5O2. The van der Waals surface area contributed by atoms with Crippen molar-refractivity contribution in [1.29, 1.82) is 0 Å². The zero-order valence-electron chi connectivity index (χ0n) is 19.1. The Hall–Kier alpha value is -2.17. The van der Waals surface area contributed by atoms with Gasteiger partial charge in [-0.15, -0.1) is 24.0 Å². The third-order valence-corrected chi connectivity index (χ3v) is 6.20. The number of hydrogen-bond acceptors (Lipinski definition) is 4. The lowest BCUT2D eigenvalue weighted by Crippen LogP contribution is -2.44. The second kappa shape index (κ2) is 12.3. The minimum atomic E-state index is -0.133. The molecule has 0 spiro atoms. The highest BCUT2D eigenvalue weighted by molar-refractivity contribution is 14.0. The largest absolute Gasteiger partial charge is 0.393 e. The molecule has 2 aliphatic rings. The van der Waals surface area contributed by atoms with Gasteiger partial charge in [0.15, 0.2) is 5.96 Å². The van der Waals surface area contributed by atoms with Crippen molar-refractivity contribution < 1.29 is 9.90 Å². The zero-order valence-corrected chi connectivity index (χ0v) is 21.4. The van der Waals surface area contributed by atoms with Crippen LogP contribution in [0.1, 0.15) is 30.4 Å². The number of nitrogens with zero attached hydrogens (tertiary/aromatic N) is 3. The summed E-state index contributed by atoms with van der Waals surface area (Å²) in [5, 5.41) is 16.4. The van der Waals surface area contributed by atoms with E-state index in [0.29, 0.717) is 25.5 Å². The number of nitrogens with one attached hydrogen (secondary N) is 2. The molecular weight excluding hydrogens is 529 g/mol. The van der Waals surface area contributed by atoms with Crippen LogP contribution in [0.4, 0.5) is 5.69 Å². The second-order valence-corrected chi connectivity index (χ2v) is 8.63. The van der Waals surface area contributed by atoms with Gasteiger partial charge in [0.2, 0.25) is 5.91 Å². The molecule has 1 unspecified atom stereocenters. The van der Waals surface area contributed by atoms with E-state index in [-0.39, 0.29) is 42.0 Å². The van der Waals surface area contributed by atoms with Crippen molar-refractivity contribution in [3.63, 3.8) is 0 Å². The standard InChI is InChI=1S/C25H33N5O2.HI/c1-26-25(28-21-15-24(32)30(18-21)22-5-3-2-4-6-22)27-16-19-7-9-20(10-8-19)17-29-13-11-23(31)12-14-29;/h2-10,21,23,31H,11-18H2,1H3,(H2,26,27,28);1H. The Bertz CT molecular complexity index is 914. The van der Waals surface area contributed by atoms with Crippen LogP contribution in [0.5, 0.6) is 0 Å². The summed E-state index contributed by atoms with van der Waals surface area (Å²) in [6.45, 7) is 4.14. The molecule has 4 rings (SSSR count). The van der Waals surface area contributed by atoms with Crippen molar-refractivity contribution in [2.75, 3.05) is 31.6 Å². The third kappa shape index (κ3) is 7.15. The quantitative estimate of drug-likeness (QED) is 0.286. The van der Waals surface area contributed by atoms with Gasteiger partial charge in [0.25, 0.3) is 0 Å². The van der Waals surface area contributed by atoms with Crippen molar-refractivity contribution >= 4 is 41.5 Å². The van der Waals surface area contributed by atoms with Gasteiger partial charge in [-0.05, 0) is 36.1 Å². The Kier molecular flexibility index (Phi) is 9.52. The molecule has 0 saturated carbocycles. The van der Waals surface area contributed by atoms with Crippen LogP contribution in [-0.4, -0.2) is 60.7 Å². The van der Waals surface area contributed by atoms with E-state index in [2.05, 4.69) is 44.8 Å². The van der Waals surface area contributed by atoms with Crippen molar-refractivity contribution in [3.05, 3.63) is 65.7 Å². The summed E-state index contributed by atoms with van der Waals surface area (Å²) in [4.78, 5) is 21.0. The Morgan fingerprint density at radius 3 is 2.39 bits per heavy atom. The van der Waals surface area contributed by atoms with E-state index >= 15 is 0 Å². The molecule has 2 saturated heterocycles. The van der Waals surface area contributed by atoms with Crippen molar-refractivity contribution in [2.45, 2.75) is 44.5 Å². The molecule has 3 N–H and O–H groups in total. The maximum absolute atomic E-state index is 12.4. The minimum absolute atomic E-state index is 0. The highest BCUT2D eigenvalue weighted by atomic mass is 127. The number of aliphatic imine (C=N–C) groups is 1. The first-order chi connectivity index (χ1) is 15.6. The number of para-hydroxylation sites is 1. The van der Waals surface area contributed by atoms with Crippen LogP contribution in [0.2, 0.25) is 0 Å². The molecule has 8 heteroatoms. The number of rotatable bonds is 6. The number of aliphatic hydroxyl groups excluding tert-OH is 1. The molecule has 0 radical (unpaired) electrons. The van der Waals surface area contributed by atoms with Crippen LogP contribution in [-0.2, 0) is 17.9 Å². The van der Waals surface area contributed by atoms with Crippen LogP contribution in [0.3, 0.4) is 0 Å². The summed E-state index contributed by atoms with van der Waals surface area (Å²) in [5.41, 5.74) is 3.41. The number of benzene rings is 2. The van der Waals surface area contributed by atoms with Gasteiger partial charge < -0.3 is 20.6 Å². The average molecular weight is 563 g/mol. The van der Waals surface area contributed by atoms with Gasteiger partial charge in [-0.2, -0.15) is 0 Å². The van der Waals surface area contributed by atoms with E-state index in [1.54, 1.807) is 7.05 Å². The molecule has 2 heterocycles. The average Bonchev–Trinajstić information content (AvgIpc) is 3.19. The third-order valence-electron chi connectivity index (χ3n) is 6.20. The molecule has 1 amide bonds. The Morgan fingerprint density at radius 1 is 1.06 bits per heavy atom. The van der Waals surface area contributed by atoms with Crippen LogP contribution in [0, 0.1) is 0 Å². The Balaban J connectivity index is 0.00000306. The number of carbonyl (C=O) groups is 1. The zero-order chi connectivity index (χ0) is 22.3. The van der Waals surface area contributed by atoms with E-state index < -0.39 is 0 Å². The van der Waals surface area contributed by atoms with E-state index in [1.807, 2.05) is 35.2 Å². The number of hydrogen-bond donors (Lipinski definition) is 3. The number of likely N-dealkylation sites (tertiary alicyclic amines) is 1. The van der Waals surface area contributed by atoms with Gasteiger partial charge in [0.1, 0.15) is 0 Å². The van der Waals surface area contributed by atoms with Crippen molar-refractivity contribution in [1.82, 2.24) is 15.5 Å². The number of guanidine groups is 1.